The highest BCUT2D eigenvalue weighted by molar-refractivity contribution is 6.05. The molecule has 1 aromatic rings. The minimum atomic E-state index is -2.40. The van der Waals surface area contributed by atoms with Crippen molar-refractivity contribution in [3.8, 4) is 5.75 Å². The zero-order valence-electron chi connectivity index (χ0n) is 29.3. The highest BCUT2D eigenvalue weighted by atomic mass is 16.9. The number of ketones is 1. The maximum atomic E-state index is 13.9. The third kappa shape index (κ3) is 4.81. The lowest BCUT2D eigenvalue weighted by atomic mass is 9.53. The molecule has 7 rings (SSSR count). The predicted octanol–water partition coefficient (Wildman–Crippen LogP) is 4.26. The van der Waals surface area contributed by atoms with Gasteiger partial charge in [0.2, 0.25) is 0 Å². The summed E-state index contributed by atoms with van der Waals surface area (Å²) in [5.41, 5.74) is -5.56. The van der Waals surface area contributed by atoms with Crippen molar-refractivity contribution >= 4 is 17.8 Å². The SMILES string of the molecule is C=C(C)C12OC3(CCCCCCCCC)OC1C1C4OC4(CO)C(O)C4(O)C(=O)C(C)=CC4C1(O3)C(C)C2OC(=O)C=Cc1ccc(O)cc1. The molecular weight excluding hydrogens is 644 g/mol. The largest absolute Gasteiger partial charge is 0.508 e. The zero-order valence-corrected chi connectivity index (χ0v) is 29.3. The van der Waals surface area contributed by atoms with Crippen LogP contribution in [0.25, 0.3) is 6.08 Å². The smallest absolute Gasteiger partial charge is 0.331 e. The minimum absolute atomic E-state index is 0.0971. The van der Waals surface area contributed by atoms with Gasteiger partial charge in [-0.3, -0.25) is 4.79 Å². The molecule has 0 spiro atoms. The molecule has 12 unspecified atom stereocenters. The van der Waals surface area contributed by atoms with E-state index in [4.69, 9.17) is 23.7 Å². The first-order chi connectivity index (χ1) is 23.8. The Morgan fingerprint density at radius 2 is 1.72 bits per heavy atom. The number of carbonyl (C=O) groups is 2. The lowest BCUT2D eigenvalue weighted by Gasteiger charge is -2.61. The summed E-state index contributed by atoms with van der Waals surface area (Å²) < 4.78 is 33.5. The number of aromatic hydroxyl groups is 1. The number of benzene rings is 1. The lowest BCUT2D eigenvalue weighted by molar-refractivity contribution is -0.431. The quantitative estimate of drug-likeness (QED) is 0.0767. The molecule has 12 atom stereocenters. The number of phenolic OH excluding ortho intramolecular Hbond substituents is 1. The van der Waals surface area contributed by atoms with Crippen LogP contribution in [0.5, 0.6) is 5.75 Å². The number of esters is 1. The van der Waals surface area contributed by atoms with Crippen LogP contribution < -0.4 is 0 Å². The van der Waals surface area contributed by atoms with E-state index < -0.39 is 88.9 Å². The Morgan fingerprint density at radius 3 is 2.38 bits per heavy atom. The Labute approximate surface area is 292 Å². The maximum absolute atomic E-state index is 13.9. The molecule has 0 radical (unpaired) electrons. The topological polar surface area (TPSA) is 165 Å². The van der Waals surface area contributed by atoms with E-state index in [1.165, 1.54) is 31.1 Å². The summed E-state index contributed by atoms with van der Waals surface area (Å²) in [5, 5.41) is 44.7. The van der Waals surface area contributed by atoms with Gasteiger partial charge in [-0.1, -0.05) is 77.2 Å². The number of aliphatic hydroxyl groups is 3. The van der Waals surface area contributed by atoms with E-state index in [-0.39, 0.29) is 11.3 Å². The fourth-order valence-electron chi connectivity index (χ4n) is 9.95. The molecule has 6 aliphatic rings. The number of aliphatic hydroxyl groups excluding tert-OH is 2. The van der Waals surface area contributed by atoms with Crippen LogP contribution >= 0.6 is 0 Å². The van der Waals surface area contributed by atoms with Crippen molar-refractivity contribution in [3.63, 3.8) is 0 Å². The fourth-order valence-corrected chi connectivity index (χ4v) is 9.95. The van der Waals surface area contributed by atoms with E-state index >= 15 is 0 Å². The number of fused-ring (bicyclic) bond motifs is 3. The number of carbonyl (C=O) groups excluding carboxylic acids is 2. The summed E-state index contributed by atoms with van der Waals surface area (Å²) in [6, 6.07) is 6.35. The number of hydrogen-bond acceptors (Lipinski definition) is 11. The van der Waals surface area contributed by atoms with E-state index in [1.807, 2.05) is 6.92 Å². The van der Waals surface area contributed by atoms with Crippen molar-refractivity contribution in [1.82, 2.24) is 0 Å². The number of Topliss-reactive ketones (excluding diaryl/α,β-unsaturated/α-hetero) is 1. The molecule has 3 bridgehead atoms. The van der Waals surface area contributed by atoms with Gasteiger partial charge in [-0.2, -0.15) is 0 Å². The van der Waals surface area contributed by atoms with Gasteiger partial charge in [-0.05, 0) is 55.2 Å². The fraction of sp³-hybridized carbons (Fsp3) is 0.641. The van der Waals surface area contributed by atoms with Gasteiger partial charge in [-0.25, -0.2) is 4.79 Å². The van der Waals surface area contributed by atoms with E-state index in [0.717, 1.165) is 25.7 Å². The first-order valence-electron chi connectivity index (χ1n) is 18.1. The average Bonchev–Trinajstić information content (AvgIpc) is 3.72. The van der Waals surface area contributed by atoms with Gasteiger partial charge in [0.1, 0.15) is 35.8 Å². The number of hydrogen-bond donors (Lipinski definition) is 4. The van der Waals surface area contributed by atoms with E-state index in [0.29, 0.717) is 24.0 Å². The molecule has 0 amide bonds. The average molecular weight is 695 g/mol. The van der Waals surface area contributed by atoms with Crippen LogP contribution in [0.2, 0.25) is 0 Å². The molecule has 50 heavy (non-hydrogen) atoms. The lowest BCUT2D eigenvalue weighted by Crippen LogP contribution is -2.76. The summed E-state index contributed by atoms with van der Waals surface area (Å²) in [6.45, 7) is 11.1. The number of ether oxygens (including phenoxy) is 5. The van der Waals surface area contributed by atoms with Gasteiger partial charge < -0.3 is 44.1 Å². The second-order valence-electron chi connectivity index (χ2n) is 15.4. The Hall–Kier alpha value is -2.90. The summed E-state index contributed by atoms with van der Waals surface area (Å²) in [6.07, 6.45) is 7.47. The Balaban J connectivity index is 1.32. The summed E-state index contributed by atoms with van der Waals surface area (Å²) >= 11 is 0. The van der Waals surface area contributed by atoms with Gasteiger partial charge in [0.25, 0.3) is 5.97 Å². The van der Waals surface area contributed by atoms with Gasteiger partial charge in [-0.15, -0.1) is 0 Å². The highest BCUT2D eigenvalue weighted by Gasteiger charge is 2.90. The molecule has 4 N–H and O–H groups in total. The molecule has 3 aliphatic carbocycles. The van der Waals surface area contributed by atoms with Gasteiger partial charge >= 0.3 is 5.97 Å². The monoisotopic (exact) mass is 694 g/mol. The molecule has 272 valence electrons. The van der Waals surface area contributed by atoms with Crippen molar-refractivity contribution in [1.29, 1.82) is 0 Å². The maximum Gasteiger partial charge on any atom is 0.331 e. The summed E-state index contributed by atoms with van der Waals surface area (Å²) in [7, 11) is 0. The standard InChI is InChI=1S/C39H50O11/c1-6-7-8-9-10-11-12-19-36-48-33-29-32-35(21-40,47-32)34(44)37(45)27(20-23(4)30(37)43)39(29,50-36)24(5)31(38(33,49-36)22(2)3)46-28(42)18-15-25-13-16-26(41)17-14-25/h13-18,20,24,27,29,31-34,40-41,44-45H,2,6-12,19,21H2,1,3-5H3. The molecule has 5 fully saturated rings. The Kier molecular flexibility index (Phi) is 8.78. The minimum Gasteiger partial charge on any atom is -0.508 e. The number of epoxide rings is 1. The van der Waals surface area contributed by atoms with E-state index in [2.05, 4.69) is 13.5 Å². The van der Waals surface area contributed by atoms with Crippen molar-refractivity contribution in [3.05, 3.63) is 59.7 Å². The van der Waals surface area contributed by atoms with Crippen LogP contribution in [-0.2, 0) is 33.3 Å². The van der Waals surface area contributed by atoms with Gasteiger partial charge in [0.15, 0.2) is 17.0 Å². The molecule has 3 heterocycles. The molecule has 11 heteroatoms. The Morgan fingerprint density at radius 1 is 1.04 bits per heavy atom. The van der Waals surface area contributed by atoms with Crippen molar-refractivity contribution in [2.24, 2.45) is 17.8 Å². The highest BCUT2D eigenvalue weighted by Crippen LogP contribution is 2.73. The molecule has 0 aromatic heterocycles. The normalized spacial score (nSPS) is 43.6. The zero-order chi connectivity index (χ0) is 35.9. The first-order valence-corrected chi connectivity index (χ1v) is 18.1. The Bertz CT molecular complexity index is 1600. The summed E-state index contributed by atoms with van der Waals surface area (Å²) in [5.74, 6) is -5.54. The van der Waals surface area contributed by atoms with Crippen LogP contribution in [0.3, 0.4) is 0 Å². The van der Waals surface area contributed by atoms with Crippen LogP contribution in [0.4, 0.5) is 0 Å². The van der Waals surface area contributed by atoms with Crippen LogP contribution in [-0.4, -0.2) is 91.6 Å². The summed E-state index contributed by atoms with van der Waals surface area (Å²) in [4.78, 5) is 27.6. The van der Waals surface area contributed by atoms with Crippen LogP contribution in [0.1, 0.15) is 84.6 Å². The molecular formula is C39H50O11. The second kappa shape index (κ2) is 12.4. The molecule has 2 saturated carbocycles. The predicted molar refractivity (Wildman–Crippen MR) is 180 cm³/mol. The third-order valence-corrected chi connectivity index (χ3v) is 12.4. The molecule has 11 nitrogen and oxygen atoms in total. The number of rotatable bonds is 13. The third-order valence-electron chi connectivity index (χ3n) is 12.4. The van der Waals surface area contributed by atoms with Crippen molar-refractivity contribution in [2.45, 2.75) is 132 Å². The molecule has 1 aromatic carbocycles. The molecule has 3 saturated heterocycles. The number of phenols is 1. The van der Waals surface area contributed by atoms with E-state index in [9.17, 15) is 30.0 Å². The van der Waals surface area contributed by atoms with Crippen LogP contribution in [0.15, 0.2) is 54.1 Å². The van der Waals surface area contributed by atoms with Gasteiger partial charge in [0, 0.05) is 30.3 Å². The molecule has 3 aliphatic heterocycles. The van der Waals surface area contributed by atoms with Crippen molar-refractivity contribution in [2.75, 3.05) is 6.61 Å². The first kappa shape index (κ1) is 35.5. The number of unbranched alkanes of at least 4 members (excludes halogenated alkanes) is 6. The second-order valence-corrected chi connectivity index (χ2v) is 15.4. The van der Waals surface area contributed by atoms with E-state index in [1.54, 1.807) is 38.1 Å². The van der Waals surface area contributed by atoms with Crippen molar-refractivity contribution < 1.29 is 53.7 Å². The van der Waals surface area contributed by atoms with Crippen LogP contribution in [0, 0.1) is 17.8 Å². The van der Waals surface area contributed by atoms with Gasteiger partial charge in [0.05, 0.1) is 12.2 Å².